The van der Waals surface area contributed by atoms with Crippen molar-refractivity contribution in [3.8, 4) is 0 Å². The molecule has 0 saturated heterocycles. The number of fused-ring (bicyclic) bond motifs is 1. The van der Waals surface area contributed by atoms with Gasteiger partial charge in [0.2, 0.25) is 0 Å². The molecule has 3 aromatic rings. The largest absolute Gasteiger partial charge is 0.392 e. The second-order valence-electron chi connectivity index (χ2n) is 6.19. The molecule has 8 heteroatoms. The molecule has 0 aliphatic carbocycles. The first-order valence-electron chi connectivity index (χ1n) is 8.58. The number of nitrogens with zero attached hydrogens (tertiary/aromatic N) is 4. The maximum Gasteiger partial charge on any atom is 0.335 e. The van der Waals surface area contributed by atoms with Gasteiger partial charge in [-0.25, -0.2) is 19.7 Å². The summed E-state index contributed by atoms with van der Waals surface area (Å²) in [6.07, 6.45) is 3.68. The van der Waals surface area contributed by atoms with Crippen molar-refractivity contribution in [3.05, 3.63) is 70.3 Å². The number of halogens is 1. The van der Waals surface area contributed by atoms with Crippen molar-refractivity contribution in [3.63, 3.8) is 0 Å². The van der Waals surface area contributed by atoms with Crippen LogP contribution >= 0.6 is 27.7 Å². The number of rotatable bonds is 4. The SMILES string of the molecule is CSc1ncc2c(n1)N(c1ccc(CO)cc1)C(=O)N(c1ccccc1Br)C2. The quantitative estimate of drug-likeness (QED) is 0.453. The second-order valence-corrected chi connectivity index (χ2v) is 7.81. The van der Waals surface area contributed by atoms with Crippen molar-refractivity contribution < 1.29 is 9.90 Å². The van der Waals surface area contributed by atoms with Crippen LogP contribution in [-0.2, 0) is 13.2 Å². The summed E-state index contributed by atoms with van der Waals surface area (Å²) >= 11 is 4.97. The molecule has 2 aromatic carbocycles. The number of aliphatic hydroxyl groups is 1. The number of urea groups is 1. The number of amides is 2. The Hall–Kier alpha value is -2.42. The topological polar surface area (TPSA) is 69.6 Å². The number of benzene rings is 2. The lowest BCUT2D eigenvalue weighted by molar-refractivity contribution is 0.252. The molecule has 2 heterocycles. The number of anilines is 3. The molecule has 0 spiro atoms. The van der Waals surface area contributed by atoms with E-state index < -0.39 is 0 Å². The number of carbonyl (C=O) groups excluding carboxylic acids is 1. The minimum absolute atomic E-state index is 0.0489. The summed E-state index contributed by atoms with van der Waals surface area (Å²) in [4.78, 5) is 25.8. The van der Waals surface area contributed by atoms with Crippen molar-refractivity contribution >= 4 is 50.9 Å². The molecule has 2 amide bonds. The van der Waals surface area contributed by atoms with Crippen molar-refractivity contribution in [2.45, 2.75) is 18.3 Å². The van der Waals surface area contributed by atoms with Crippen LogP contribution in [0, 0.1) is 0 Å². The Morgan fingerprint density at radius 2 is 1.93 bits per heavy atom. The van der Waals surface area contributed by atoms with Gasteiger partial charge in [-0.1, -0.05) is 36.0 Å². The Labute approximate surface area is 175 Å². The summed E-state index contributed by atoms with van der Waals surface area (Å²) in [6.45, 7) is 0.337. The lowest BCUT2D eigenvalue weighted by Crippen LogP contribution is -2.45. The molecule has 28 heavy (non-hydrogen) atoms. The molecule has 0 bridgehead atoms. The van der Waals surface area contributed by atoms with Gasteiger partial charge in [0.1, 0.15) is 0 Å². The molecule has 1 N–H and O–H groups in total. The first kappa shape index (κ1) is 18.9. The Bertz CT molecular complexity index is 1030. The Balaban J connectivity index is 1.86. The second kappa shape index (κ2) is 7.90. The lowest BCUT2D eigenvalue weighted by atomic mass is 10.1. The molecule has 142 valence electrons. The minimum Gasteiger partial charge on any atom is -0.392 e. The smallest absolute Gasteiger partial charge is 0.335 e. The van der Waals surface area contributed by atoms with Crippen molar-refractivity contribution in [2.24, 2.45) is 0 Å². The van der Waals surface area contributed by atoms with Crippen LogP contribution in [0.15, 0.2) is 64.4 Å². The molecule has 1 aliphatic heterocycles. The van der Waals surface area contributed by atoms with Crippen LogP contribution in [0.2, 0.25) is 0 Å². The van der Waals surface area contributed by atoms with Crippen LogP contribution < -0.4 is 9.80 Å². The van der Waals surface area contributed by atoms with Gasteiger partial charge >= 0.3 is 6.03 Å². The zero-order chi connectivity index (χ0) is 19.7. The predicted molar refractivity (Wildman–Crippen MR) is 114 cm³/mol. The van der Waals surface area contributed by atoms with Crippen LogP contribution in [-0.4, -0.2) is 27.4 Å². The van der Waals surface area contributed by atoms with Crippen LogP contribution in [0.3, 0.4) is 0 Å². The normalized spacial score (nSPS) is 13.6. The molecule has 4 rings (SSSR count). The summed E-state index contributed by atoms with van der Waals surface area (Å²) < 4.78 is 0.837. The van der Waals surface area contributed by atoms with Crippen LogP contribution in [0.1, 0.15) is 11.1 Å². The lowest BCUT2D eigenvalue weighted by Gasteiger charge is -2.36. The van der Waals surface area contributed by atoms with E-state index >= 15 is 0 Å². The minimum atomic E-state index is -0.193. The van der Waals surface area contributed by atoms with Crippen molar-refractivity contribution in [1.82, 2.24) is 9.97 Å². The molecule has 0 radical (unpaired) electrons. The van der Waals surface area contributed by atoms with Crippen LogP contribution in [0.5, 0.6) is 0 Å². The zero-order valence-corrected chi connectivity index (χ0v) is 17.4. The molecule has 6 nitrogen and oxygen atoms in total. The predicted octanol–water partition coefficient (Wildman–Crippen LogP) is 4.73. The molecule has 0 saturated carbocycles. The number of carbonyl (C=O) groups is 1. The highest BCUT2D eigenvalue weighted by Crippen LogP contribution is 2.38. The third-order valence-corrected chi connectivity index (χ3v) is 5.72. The summed E-state index contributed by atoms with van der Waals surface area (Å²) in [7, 11) is 0. The van der Waals surface area contributed by atoms with E-state index in [2.05, 4.69) is 25.9 Å². The van der Waals surface area contributed by atoms with E-state index in [1.54, 1.807) is 28.1 Å². The number of aliphatic hydroxyl groups excluding tert-OH is 1. The van der Waals surface area contributed by atoms with Crippen LogP contribution in [0.25, 0.3) is 0 Å². The summed E-state index contributed by atoms with van der Waals surface area (Å²) in [5.41, 5.74) is 3.11. The Kier molecular flexibility index (Phi) is 5.34. The van der Waals surface area contributed by atoms with Gasteiger partial charge in [0.15, 0.2) is 11.0 Å². The van der Waals surface area contributed by atoms with Crippen LogP contribution in [0.4, 0.5) is 22.0 Å². The molecular formula is C20H17BrN4O2S. The zero-order valence-electron chi connectivity index (χ0n) is 15.0. The molecule has 1 aliphatic rings. The van der Waals surface area contributed by atoms with E-state index in [1.165, 1.54) is 11.8 Å². The molecular weight excluding hydrogens is 440 g/mol. The van der Waals surface area contributed by atoms with Crippen molar-refractivity contribution in [2.75, 3.05) is 16.1 Å². The summed E-state index contributed by atoms with van der Waals surface area (Å²) in [6, 6.07) is 14.7. The Morgan fingerprint density at radius 3 is 2.61 bits per heavy atom. The van der Waals surface area contributed by atoms with Crippen molar-refractivity contribution in [1.29, 1.82) is 0 Å². The average molecular weight is 457 g/mol. The maximum absolute atomic E-state index is 13.5. The fourth-order valence-electron chi connectivity index (χ4n) is 3.08. The van der Waals surface area contributed by atoms with Gasteiger partial charge in [0, 0.05) is 16.2 Å². The standard InChI is InChI=1S/C20H17BrN4O2S/c1-28-19-22-10-14-11-24(17-5-3-2-4-16(17)21)20(27)25(18(14)23-19)15-8-6-13(12-26)7-9-15/h2-10,26H,11-12H2,1H3. The first-order chi connectivity index (χ1) is 13.6. The van der Waals surface area contributed by atoms with E-state index in [4.69, 9.17) is 0 Å². The van der Waals surface area contributed by atoms with E-state index in [0.717, 1.165) is 21.3 Å². The highest BCUT2D eigenvalue weighted by atomic mass is 79.9. The third kappa shape index (κ3) is 3.39. The Morgan fingerprint density at radius 1 is 1.18 bits per heavy atom. The van der Waals surface area contributed by atoms with E-state index in [1.807, 2.05) is 42.7 Å². The number of hydrogen-bond donors (Lipinski definition) is 1. The molecule has 0 atom stereocenters. The third-order valence-electron chi connectivity index (χ3n) is 4.48. The summed E-state index contributed by atoms with van der Waals surface area (Å²) in [5, 5.41) is 9.93. The number of para-hydroxylation sites is 1. The maximum atomic E-state index is 13.5. The van der Waals surface area contributed by atoms with Gasteiger partial charge in [0.05, 0.1) is 24.5 Å². The van der Waals surface area contributed by atoms with E-state index in [9.17, 15) is 9.90 Å². The fraction of sp³-hybridized carbons (Fsp3) is 0.150. The van der Waals surface area contributed by atoms with E-state index in [-0.39, 0.29) is 12.6 Å². The molecule has 1 aromatic heterocycles. The average Bonchev–Trinajstić information content (AvgIpc) is 2.73. The van der Waals surface area contributed by atoms with Gasteiger partial charge in [-0.15, -0.1) is 0 Å². The highest BCUT2D eigenvalue weighted by Gasteiger charge is 2.34. The number of aromatic nitrogens is 2. The van der Waals surface area contributed by atoms with Gasteiger partial charge in [0.25, 0.3) is 0 Å². The number of hydrogen-bond acceptors (Lipinski definition) is 5. The van der Waals surface area contributed by atoms with Gasteiger partial charge in [-0.2, -0.15) is 0 Å². The monoisotopic (exact) mass is 456 g/mol. The molecule has 0 fully saturated rings. The van der Waals surface area contributed by atoms with Gasteiger partial charge in [-0.3, -0.25) is 4.90 Å². The number of thioether (sulfide) groups is 1. The van der Waals surface area contributed by atoms with Gasteiger partial charge in [-0.05, 0) is 52.0 Å². The molecule has 0 unspecified atom stereocenters. The summed E-state index contributed by atoms with van der Waals surface area (Å²) in [5.74, 6) is 0.587. The van der Waals surface area contributed by atoms with Gasteiger partial charge < -0.3 is 5.11 Å². The van der Waals surface area contributed by atoms with E-state index in [0.29, 0.717) is 23.2 Å². The first-order valence-corrected chi connectivity index (χ1v) is 10.6. The fourth-order valence-corrected chi connectivity index (χ4v) is 3.91. The highest BCUT2D eigenvalue weighted by molar-refractivity contribution is 9.10.